The Morgan fingerprint density at radius 1 is 1.24 bits per heavy atom. The van der Waals surface area contributed by atoms with Crippen molar-refractivity contribution in [3.05, 3.63) is 59.4 Å². The van der Waals surface area contributed by atoms with E-state index in [1.807, 2.05) is 0 Å². The van der Waals surface area contributed by atoms with E-state index in [9.17, 15) is 14.0 Å². The fourth-order valence-electron chi connectivity index (χ4n) is 1.84. The molecule has 0 aliphatic carbocycles. The number of ether oxygens (including phenoxy) is 2. The van der Waals surface area contributed by atoms with E-state index < -0.39 is 5.82 Å². The molecule has 2 rings (SSSR count). The van der Waals surface area contributed by atoms with Crippen LogP contribution in [0.25, 0.3) is 0 Å². The second kappa shape index (κ2) is 6.65. The van der Waals surface area contributed by atoms with Gasteiger partial charge in [-0.25, -0.2) is 4.39 Å². The van der Waals surface area contributed by atoms with Crippen LogP contribution in [0.4, 0.5) is 4.39 Å². The van der Waals surface area contributed by atoms with Crippen LogP contribution in [0, 0.1) is 5.82 Å². The lowest BCUT2D eigenvalue weighted by atomic mass is 10.1. The van der Waals surface area contributed by atoms with Crippen molar-refractivity contribution in [1.82, 2.24) is 0 Å². The van der Waals surface area contributed by atoms with Crippen LogP contribution >= 0.6 is 0 Å². The molecule has 0 amide bonds. The monoisotopic (exact) mass is 288 g/mol. The van der Waals surface area contributed by atoms with Gasteiger partial charge < -0.3 is 9.47 Å². The van der Waals surface area contributed by atoms with Crippen molar-refractivity contribution in [1.29, 1.82) is 0 Å². The highest BCUT2D eigenvalue weighted by atomic mass is 19.1. The first-order chi connectivity index (χ1) is 10.1. The number of rotatable bonds is 6. The van der Waals surface area contributed by atoms with Gasteiger partial charge in [-0.1, -0.05) is 12.1 Å². The third-order valence-corrected chi connectivity index (χ3v) is 2.81. The second-order valence-corrected chi connectivity index (χ2v) is 4.25. The quantitative estimate of drug-likeness (QED) is 0.606. The number of hydrogen-bond acceptors (Lipinski definition) is 4. The summed E-state index contributed by atoms with van der Waals surface area (Å²) in [6, 6.07) is 10.3. The molecule has 0 aliphatic heterocycles. The van der Waals surface area contributed by atoms with E-state index in [-0.39, 0.29) is 23.7 Å². The van der Waals surface area contributed by atoms with Crippen molar-refractivity contribution in [2.75, 3.05) is 13.7 Å². The summed E-state index contributed by atoms with van der Waals surface area (Å²) < 4.78 is 23.6. The molecule has 5 heteroatoms. The van der Waals surface area contributed by atoms with Gasteiger partial charge in [0.2, 0.25) is 5.78 Å². The number of Topliss-reactive ketones (excluding diaryl/α,β-unsaturated/α-hetero) is 1. The minimum atomic E-state index is -0.598. The standard InChI is InChI=1S/C16H13FO4/c1-20-16-5-3-2-4-14(16)15(19)10-21-13-7-11(9-18)6-12(17)8-13/h2-9H,10H2,1H3. The minimum absolute atomic E-state index is 0.125. The maximum absolute atomic E-state index is 13.2. The molecule has 0 saturated heterocycles. The molecule has 0 spiro atoms. The Labute approximate surface area is 121 Å². The average Bonchev–Trinajstić information content (AvgIpc) is 2.52. The van der Waals surface area contributed by atoms with E-state index in [4.69, 9.17) is 9.47 Å². The fraction of sp³-hybridized carbons (Fsp3) is 0.125. The number of aldehydes is 1. The Balaban J connectivity index is 2.11. The van der Waals surface area contributed by atoms with E-state index in [0.717, 1.165) is 12.1 Å². The molecule has 0 aliphatic rings. The van der Waals surface area contributed by atoms with Crippen molar-refractivity contribution in [3.63, 3.8) is 0 Å². The lowest BCUT2D eigenvalue weighted by Crippen LogP contribution is -2.13. The van der Waals surface area contributed by atoms with Gasteiger partial charge in [0, 0.05) is 11.6 Å². The summed E-state index contributed by atoms with van der Waals surface area (Å²) in [6.45, 7) is -0.276. The molecule has 0 radical (unpaired) electrons. The number of carbonyl (C=O) groups is 2. The zero-order valence-electron chi connectivity index (χ0n) is 11.3. The van der Waals surface area contributed by atoms with Gasteiger partial charge in [0.15, 0.2) is 6.61 Å². The fourth-order valence-corrected chi connectivity index (χ4v) is 1.84. The van der Waals surface area contributed by atoms with Crippen molar-refractivity contribution >= 4 is 12.1 Å². The third-order valence-electron chi connectivity index (χ3n) is 2.81. The van der Waals surface area contributed by atoms with Crippen molar-refractivity contribution < 1.29 is 23.5 Å². The Morgan fingerprint density at radius 3 is 2.71 bits per heavy atom. The highest BCUT2D eigenvalue weighted by Gasteiger charge is 2.12. The van der Waals surface area contributed by atoms with Crippen LogP contribution in [0.2, 0.25) is 0 Å². The lowest BCUT2D eigenvalue weighted by molar-refractivity contribution is 0.0918. The number of carbonyl (C=O) groups excluding carboxylic acids is 2. The highest BCUT2D eigenvalue weighted by Crippen LogP contribution is 2.19. The van der Waals surface area contributed by atoms with Crippen LogP contribution in [0.15, 0.2) is 42.5 Å². The van der Waals surface area contributed by atoms with Gasteiger partial charge in [-0.2, -0.15) is 0 Å². The van der Waals surface area contributed by atoms with Crippen molar-refractivity contribution in [2.24, 2.45) is 0 Å². The summed E-state index contributed by atoms with van der Waals surface area (Å²) in [5, 5.41) is 0. The summed E-state index contributed by atoms with van der Waals surface area (Å²) in [5.74, 6) is -0.331. The summed E-state index contributed by atoms with van der Waals surface area (Å²) in [6.07, 6.45) is 0.512. The van der Waals surface area contributed by atoms with Crippen LogP contribution in [0.1, 0.15) is 20.7 Å². The normalized spacial score (nSPS) is 10.0. The zero-order valence-corrected chi connectivity index (χ0v) is 11.3. The first-order valence-electron chi connectivity index (χ1n) is 6.19. The number of benzene rings is 2. The summed E-state index contributed by atoms with van der Waals surface area (Å²) in [5.41, 5.74) is 0.529. The SMILES string of the molecule is COc1ccccc1C(=O)COc1cc(F)cc(C=O)c1. The number of halogens is 1. The van der Waals surface area contributed by atoms with Gasteiger partial charge in [-0.3, -0.25) is 9.59 Å². The summed E-state index contributed by atoms with van der Waals surface area (Å²) in [7, 11) is 1.47. The van der Waals surface area contributed by atoms with Crippen LogP contribution in [0.5, 0.6) is 11.5 Å². The molecule has 0 saturated carbocycles. The molecule has 2 aromatic carbocycles. The molecule has 0 fully saturated rings. The van der Waals surface area contributed by atoms with Gasteiger partial charge in [-0.15, -0.1) is 0 Å². The van der Waals surface area contributed by atoms with Crippen molar-refractivity contribution in [3.8, 4) is 11.5 Å². The molecule has 2 aromatic rings. The minimum Gasteiger partial charge on any atom is -0.496 e. The maximum Gasteiger partial charge on any atom is 0.203 e. The van der Waals surface area contributed by atoms with E-state index in [1.54, 1.807) is 24.3 Å². The van der Waals surface area contributed by atoms with E-state index in [0.29, 0.717) is 17.6 Å². The largest absolute Gasteiger partial charge is 0.496 e. The smallest absolute Gasteiger partial charge is 0.203 e. The predicted octanol–water partition coefficient (Wildman–Crippen LogP) is 2.91. The molecule has 0 aromatic heterocycles. The highest BCUT2D eigenvalue weighted by molar-refractivity contribution is 5.99. The first kappa shape index (κ1) is 14.7. The average molecular weight is 288 g/mol. The van der Waals surface area contributed by atoms with E-state index >= 15 is 0 Å². The van der Waals surface area contributed by atoms with E-state index in [2.05, 4.69) is 0 Å². The maximum atomic E-state index is 13.2. The number of para-hydroxylation sites is 1. The van der Waals surface area contributed by atoms with Gasteiger partial charge in [0.25, 0.3) is 0 Å². The Morgan fingerprint density at radius 2 is 2.00 bits per heavy atom. The molecular formula is C16H13FO4. The van der Waals surface area contributed by atoms with Crippen LogP contribution < -0.4 is 9.47 Å². The van der Waals surface area contributed by atoms with Crippen molar-refractivity contribution in [2.45, 2.75) is 0 Å². The number of hydrogen-bond donors (Lipinski definition) is 0. The molecule has 0 heterocycles. The number of ketones is 1. The predicted molar refractivity (Wildman–Crippen MR) is 74.6 cm³/mol. The summed E-state index contributed by atoms with van der Waals surface area (Å²) in [4.78, 5) is 22.7. The zero-order chi connectivity index (χ0) is 15.2. The number of methoxy groups -OCH3 is 1. The van der Waals surface area contributed by atoms with Gasteiger partial charge in [-0.05, 0) is 24.3 Å². The molecule has 0 bridgehead atoms. The lowest BCUT2D eigenvalue weighted by Gasteiger charge is -2.09. The molecular weight excluding hydrogens is 275 g/mol. The Kier molecular flexibility index (Phi) is 4.66. The van der Waals surface area contributed by atoms with Crippen LogP contribution in [-0.2, 0) is 0 Å². The third kappa shape index (κ3) is 3.66. The van der Waals surface area contributed by atoms with Gasteiger partial charge in [0.1, 0.15) is 23.6 Å². The Hall–Kier alpha value is -2.69. The topological polar surface area (TPSA) is 52.6 Å². The molecule has 0 atom stereocenters. The molecule has 0 N–H and O–H groups in total. The van der Waals surface area contributed by atoms with E-state index in [1.165, 1.54) is 13.2 Å². The second-order valence-electron chi connectivity index (χ2n) is 4.25. The first-order valence-corrected chi connectivity index (χ1v) is 6.19. The summed E-state index contributed by atoms with van der Waals surface area (Å²) >= 11 is 0. The molecule has 108 valence electrons. The molecule has 4 nitrogen and oxygen atoms in total. The van der Waals surface area contributed by atoms with Gasteiger partial charge in [0.05, 0.1) is 12.7 Å². The van der Waals surface area contributed by atoms with Gasteiger partial charge >= 0.3 is 0 Å². The van der Waals surface area contributed by atoms with Crippen LogP contribution in [0.3, 0.4) is 0 Å². The van der Waals surface area contributed by atoms with Crippen LogP contribution in [-0.4, -0.2) is 25.8 Å². The Bertz CT molecular complexity index is 667. The molecule has 21 heavy (non-hydrogen) atoms. The molecule has 0 unspecified atom stereocenters.